The summed E-state index contributed by atoms with van der Waals surface area (Å²) in [6.07, 6.45) is 1.51. The van der Waals surface area contributed by atoms with Crippen LogP contribution in [0, 0.1) is 11.6 Å². The van der Waals surface area contributed by atoms with Crippen molar-refractivity contribution in [1.82, 2.24) is 19.7 Å². The molecular formula is C24H28F2N6O2. The Morgan fingerprint density at radius 2 is 1.82 bits per heavy atom. The van der Waals surface area contributed by atoms with E-state index >= 15 is 0 Å². The van der Waals surface area contributed by atoms with Gasteiger partial charge in [-0.05, 0) is 44.2 Å². The highest BCUT2D eigenvalue weighted by atomic mass is 19.2. The Balaban J connectivity index is 1.33. The van der Waals surface area contributed by atoms with Crippen molar-refractivity contribution in [3.8, 4) is 11.4 Å². The van der Waals surface area contributed by atoms with Crippen molar-refractivity contribution in [3.63, 3.8) is 0 Å². The zero-order valence-corrected chi connectivity index (χ0v) is 19.2. The van der Waals surface area contributed by atoms with E-state index in [0.717, 1.165) is 68.6 Å². The van der Waals surface area contributed by atoms with Gasteiger partial charge in [-0.1, -0.05) is 0 Å². The monoisotopic (exact) mass is 470 g/mol. The molecular weight excluding hydrogens is 442 g/mol. The fourth-order valence-corrected chi connectivity index (χ4v) is 4.16. The molecule has 2 aliphatic rings. The summed E-state index contributed by atoms with van der Waals surface area (Å²) in [4.78, 5) is 9.08. The molecule has 0 spiro atoms. The fraction of sp³-hybridized carbons (Fsp3) is 0.417. The minimum absolute atomic E-state index is 0.0550. The number of nitrogens with one attached hydrogen (secondary N) is 1. The lowest BCUT2D eigenvalue weighted by molar-refractivity contribution is -0.0660. The highest BCUT2D eigenvalue weighted by Crippen LogP contribution is 2.34. The van der Waals surface area contributed by atoms with E-state index in [-0.39, 0.29) is 6.10 Å². The Kier molecular flexibility index (Phi) is 6.34. The van der Waals surface area contributed by atoms with Gasteiger partial charge in [-0.15, -0.1) is 5.10 Å². The molecule has 5 rings (SSSR count). The molecule has 2 fully saturated rings. The molecule has 1 aromatic heterocycles. The number of piperazine rings is 1. The van der Waals surface area contributed by atoms with Gasteiger partial charge >= 0.3 is 0 Å². The average Bonchev–Trinajstić information content (AvgIpc) is 3.24. The summed E-state index contributed by atoms with van der Waals surface area (Å²) in [7, 11) is 0. The Morgan fingerprint density at radius 3 is 2.50 bits per heavy atom. The maximum absolute atomic E-state index is 13.6. The minimum atomic E-state index is -0.933. The van der Waals surface area contributed by atoms with Crippen molar-refractivity contribution >= 4 is 17.3 Å². The van der Waals surface area contributed by atoms with E-state index in [1.807, 2.05) is 32.0 Å². The number of halogens is 2. The van der Waals surface area contributed by atoms with Crippen LogP contribution in [0.5, 0.6) is 5.75 Å². The van der Waals surface area contributed by atoms with Gasteiger partial charge in [0.2, 0.25) is 5.95 Å². The van der Waals surface area contributed by atoms with Gasteiger partial charge in [0.05, 0.1) is 36.7 Å². The Morgan fingerprint density at radius 1 is 1.03 bits per heavy atom. The molecule has 180 valence electrons. The predicted molar refractivity (Wildman–Crippen MR) is 125 cm³/mol. The van der Waals surface area contributed by atoms with Crippen molar-refractivity contribution in [1.29, 1.82) is 0 Å². The second-order valence-electron chi connectivity index (χ2n) is 8.80. The van der Waals surface area contributed by atoms with E-state index in [9.17, 15) is 8.78 Å². The number of hydrogen-bond donors (Lipinski definition) is 1. The molecule has 0 radical (unpaired) electrons. The third kappa shape index (κ3) is 4.83. The predicted octanol–water partition coefficient (Wildman–Crippen LogP) is 3.60. The van der Waals surface area contributed by atoms with Gasteiger partial charge < -0.3 is 19.7 Å². The maximum atomic E-state index is 13.6. The first-order valence-corrected chi connectivity index (χ1v) is 11.5. The van der Waals surface area contributed by atoms with E-state index in [2.05, 4.69) is 25.2 Å². The van der Waals surface area contributed by atoms with Crippen molar-refractivity contribution in [3.05, 3.63) is 54.4 Å². The maximum Gasteiger partial charge on any atom is 0.246 e. The second-order valence-corrected chi connectivity index (χ2v) is 8.80. The summed E-state index contributed by atoms with van der Waals surface area (Å²) in [5.74, 6) is -0.651. The molecule has 2 aromatic carbocycles. The largest absolute Gasteiger partial charge is 0.489 e. The molecule has 0 aliphatic carbocycles. The van der Waals surface area contributed by atoms with Crippen LogP contribution in [0.3, 0.4) is 0 Å². The van der Waals surface area contributed by atoms with Crippen LogP contribution in [-0.4, -0.2) is 71.2 Å². The fourth-order valence-electron chi connectivity index (χ4n) is 4.16. The summed E-state index contributed by atoms with van der Waals surface area (Å²) >= 11 is 0. The number of rotatable bonds is 7. The average molecular weight is 471 g/mol. The first-order chi connectivity index (χ1) is 16.5. The molecule has 2 aliphatic heterocycles. The zero-order chi connectivity index (χ0) is 23.7. The molecule has 3 aromatic rings. The number of hydrogen-bond acceptors (Lipinski definition) is 7. The molecule has 0 unspecified atom stereocenters. The van der Waals surface area contributed by atoms with Gasteiger partial charge in [0.25, 0.3) is 0 Å². The van der Waals surface area contributed by atoms with Gasteiger partial charge in [-0.2, -0.15) is 4.98 Å². The van der Waals surface area contributed by atoms with Crippen LogP contribution in [0.25, 0.3) is 5.69 Å². The van der Waals surface area contributed by atoms with Crippen LogP contribution in [0.1, 0.15) is 13.8 Å². The summed E-state index contributed by atoms with van der Waals surface area (Å²) in [6, 6.07) is 10.0. The molecule has 34 heavy (non-hydrogen) atoms. The molecule has 2 saturated heterocycles. The van der Waals surface area contributed by atoms with Crippen LogP contribution in [0.2, 0.25) is 0 Å². The van der Waals surface area contributed by atoms with Gasteiger partial charge in [0.15, 0.2) is 11.6 Å². The molecule has 0 amide bonds. The van der Waals surface area contributed by atoms with Crippen LogP contribution in [0.4, 0.5) is 26.1 Å². The van der Waals surface area contributed by atoms with Gasteiger partial charge in [-0.25, -0.2) is 13.5 Å². The summed E-state index contributed by atoms with van der Waals surface area (Å²) in [6.45, 7) is 9.43. The minimum Gasteiger partial charge on any atom is -0.489 e. The van der Waals surface area contributed by atoms with Gasteiger partial charge in [0, 0.05) is 37.9 Å². The van der Waals surface area contributed by atoms with Gasteiger partial charge in [0.1, 0.15) is 12.1 Å². The number of aromatic nitrogens is 3. The van der Waals surface area contributed by atoms with E-state index in [1.165, 1.54) is 17.1 Å². The quantitative estimate of drug-likeness (QED) is 0.566. The molecule has 0 bridgehead atoms. The lowest BCUT2D eigenvalue weighted by Gasteiger charge is -2.43. The van der Waals surface area contributed by atoms with E-state index < -0.39 is 11.6 Å². The van der Waals surface area contributed by atoms with Crippen LogP contribution in [0.15, 0.2) is 42.7 Å². The highest BCUT2D eigenvalue weighted by Gasteiger charge is 2.29. The molecule has 1 N–H and O–H groups in total. The Labute approximate surface area is 197 Å². The molecule has 10 heteroatoms. The summed E-state index contributed by atoms with van der Waals surface area (Å²) in [5.41, 5.74) is 2.21. The smallest absolute Gasteiger partial charge is 0.246 e. The first-order valence-electron chi connectivity index (χ1n) is 11.5. The van der Waals surface area contributed by atoms with Gasteiger partial charge in [-0.3, -0.25) is 4.90 Å². The highest BCUT2D eigenvalue weighted by molar-refractivity contribution is 5.68. The molecule has 8 nitrogen and oxygen atoms in total. The van der Waals surface area contributed by atoms with E-state index in [4.69, 9.17) is 9.47 Å². The second kappa shape index (κ2) is 9.55. The van der Waals surface area contributed by atoms with Crippen LogP contribution in [-0.2, 0) is 4.74 Å². The van der Waals surface area contributed by atoms with Crippen molar-refractivity contribution in [2.45, 2.75) is 26.0 Å². The Bertz CT molecular complexity index is 1140. The molecule has 3 heterocycles. The lowest BCUT2D eigenvalue weighted by atomic mass is 10.1. The Hall–Kier alpha value is -3.24. The van der Waals surface area contributed by atoms with Crippen molar-refractivity contribution in [2.24, 2.45) is 0 Å². The van der Waals surface area contributed by atoms with E-state index in [1.54, 1.807) is 0 Å². The first kappa shape index (κ1) is 22.5. The topological polar surface area (TPSA) is 67.7 Å². The van der Waals surface area contributed by atoms with Crippen LogP contribution < -0.4 is 15.0 Å². The third-order valence-corrected chi connectivity index (χ3v) is 6.03. The van der Waals surface area contributed by atoms with Crippen molar-refractivity contribution in [2.75, 3.05) is 49.6 Å². The summed E-state index contributed by atoms with van der Waals surface area (Å²) < 4.78 is 39.6. The number of nitrogens with zero attached hydrogens (tertiary/aromatic N) is 5. The van der Waals surface area contributed by atoms with E-state index in [0.29, 0.717) is 17.7 Å². The standard InChI is InChI=1S/C24H28F2N6O2/c1-16(2)34-23-6-3-17(11-22(23)31-9-7-30(8-10-31)19-13-33-14-19)28-24-27-15-32(29-24)18-4-5-20(25)21(26)12-18/h3-6,11-12,15-16,19H,7-10,13-14H2,1-2H3,(H,28,29). The third-order valence-electron chi connectivity index (χ3n) is 6.03. The molecule has 0 atom stereocenters. The number of benzene rings is 2. The normalized spacial score (nSPS) is 17.1. The summed E-state index contributed by atoms with van der Waals surface area (Å²) in [5, 5.41) is 7.55. The molecule has 0 saturated carbocycles. The number of anilines is 3. The SMILES string of the molecule is CC(C)Oc1ccc(Nc2ncn(-c3ccc(F)c(F)c3)n2)cc1N1CCN(C2COC2)CC1. The lowest BCUT2D eigenvalue weighted by Crippen LogP contribution is -2.56. The van der Waals surface area contributed by atoms with Crippen LogP contribution >= 0.6 is 0 Å². The zero-order valence-electron chi connectivity index (χ0n) is 19.2. The number of ether oxygens (including phenoxy) is 2. The van der Waals surface area contributed by atoms with Crippen molar-refractivity contribution < 1.29 is 18.3 Å².